The van der Waals surface area contributed by atoms with Gasteiger partial charge in [0.05, 0.1) is 11.6 Å². The molecule has 0 unspecified atom stereocenters. The van der Waals surface area contributed by atoms with Gasteiger partial charge in [0.2, 0.25) is 0 Å². The number of hydrogen-bond acceptors (Lipinski definition) is 3. The Hall–Kier alpha value is -0.170. The molecule has 0 saturated carbocycles. The molecule has 0 aliphatic heterocycles. The van der Waals surface area contributed by atoms with Crippen molar-refractivity contribution in [3.05, 3.63) is 26.0 Å². The average Bonchev–Trinajstić information content (AvgIpc) is 2.08. The summed E-state index contributed by atoms with van der Waals surface area (Å²) in [7, 11) is 1.33. The highest BCUT2D eigenvalue weighted by molar-refractivity contribution is 14.1. The molecule has 3 nitrogen and oxygen atoms in total. The highest BCUT2D eigenvalue weighted by atomic mass is 127. The minimum Gasteiger partial charge on any atom is -0.464 e. The van der Waals surface area contributed by atoms with E-state index in [0.717, 1.165) is 3.70 Å². The fourth-order valence-corrected chi connectivity index (χ4v) is 1.46. The number of aromatic nitrogens is 1. The summed E-state index contributed by atoms with van der Waals surface area (Å²) in [5, 5.41) is 0. The lowest BCUT2D eigenvalue weighted by molar-refractivity contribution is 0.0592. The number of carbonyl (C=O) groups excluding carboxylic acids is 1. The van der Waals surface area contributed by atoms with E-state index in [1.165, 1.54) is 7.11 Å². The molecule has 0 saturated heterocycles. The van der Waals surface area contributed by atoms with E-state index in [9.17, 15) is 4.79 Å². The maximum absolute atomic E-state index is 11.1. The average molecular weight is 342 g/mol. The molecule has 5 heteroatoms. The third kappa shape index (κ3) is 2.16. The number of carbonyl (C=O) groups is 1. The van der Waals surface area contributed by atoms with Gasteiger partial charge < -0.3 is 4.74 Å². The lowest BCUT2D eigenvalue weighted by atomic mass is 10.4. The smallest absolute Gasteiger partial charge is 0.357 e. The summed E-state index contributed by atoms with van der Waals surface area (Å²) in [6.45, 7) is 0. The fourth-order valence-electron chi connectivity index (χ4n) is 0.658. The van der Waals surface area contributed by atoms with Crippen molar-refractivity contribution >= 4 is 44.5 Å². The second kappa shape index (κ2) is 4.18. The van der Waals surface area contributed by atoms with Crippen LogP contribution >= 0.6 is 38.5 Å². The fraction of sp³-hybridized carbons (Fsp3) is 0.143. The lowest BCUT2D eigenvalue weighted by Gasteiger charge is -2.00. The van der Waals surface area contributed by atoms with Crippen LogP contribution in [-0.4, -0.2) is 18.1 Å². The minimum atomic E-state index is -0.430. The molecule has 0 bridgehead atoms. The molecule has 1 aromatic rings. The van der Waals surface area contributed by atoms with Crippen molar-refractivity contribution in [1.82, 2.24) is 4.98 Å². The maximum atomic E-state index is 11.1. The van der Waals surface area contributed by atoms with Crippen molar-refractivity contribution < 1.29 is 9.53 Å². The first kappa shape index (κ1) is 9.91. The SMILES string of the molecule is COC(=O)c1nc(I)ccc1Br. The monoisotopic (exact) mass is 341 g/mol. The Kier molecular flexibility index (Phi) is 3.45. The molecule has 12 heavy (non-hydrogen) atoms. The topological polar surface area (TPSA) is 39.2 Å². The van der Waals surface area contributed by atoms with E-state index in [-0.39, 0.29) is 0 Å². The van der Waals surface area contributed by atoms with E-state index >= 15 is 0 Å². The molecule has 0 aliphatic rings. The number of rotatable bonds is 1. The number of ether oxygens (including phenoxy) is 1. The van der Waals surface area contributed by atoms with Crippen LogP contribution in [-0.2, 0) is 4.74 Å². The van der Waals surface area contributed by atoms with Gasteiger partial charge in [-0.3, -0.25) is 0 Å². The van der Waals surface area contributed by atoms with Gasteiger partial charge in [-0.25, -0.2) is 9.78 Å². The number of hydrogen-bond donors (Lipinski definition) is 0. The maximum Gasteiger partial charge on any atom is 0.357 e. The third-order valence-electron chi connectivity index (χ3n) is 1.19. The summed E-state index contributed by atoms with van der Waals surface area (Å²) in [5.41, 5.74) is 0.310. The standard InChI is InChI=1S/C7H5BrINO2/c1-12-7(11)6-4(8)2-3-5(9)10-6/h2-3H,1H3. The van der Waals surface area contributed by atoms with Crippen LogP contribution in [0, 0.1) is 3.70 Å². The summed E-state index contributed by atoms with van der Waals surface area (Å²) in [5.74, 6) is -0.430. The van der Waals surface area contributed by atoms with Crippen molar-refractivity contribution in [2.75, 3.05) is 7.11 Å². The van der Waals surface area contributed by atoms with Gasteiger partial charge in [-0.05, 0) is 50.7 Å². The molecule has 0 radical (unpaired) electrons. The zero-order chi connectivity index (χ0) is 9.14. The minimum absolute atomic E-state index is 0.310. The molecule has 0 amide bonds. The molecule has 0 fully saturated rings. The van der Waals surface area contributed by atoms with Crippen LogP contribution in [0.4, 0.5) is 0 Å². The largest absolute Gasteiger partial charge is 0.464 e. The van der Waals surface area contributed by atoms with E-state index in [2.05, 4.69) is 25.7 Å². The van der Waals surface area contributed by atoms with Gasteiger partial charge >= 0.3 is 5.97 Å². The normalized spacial score (nSPS) is 9.58. The quantitative estimate of drug-likeness (QED) is 0.447. The van der Waals surface area contributed by atoms with Crippen LogP contribution in [0.3, 0.4) is 0 Å². The number of methoxy groups -OCH3 is 1. The first-order valence-electron chi connectivity index (χ1n) is 3.05. The Morgan fingerprint density at radius 3 is 2.92 bits per heavy atom. The summed E-state index contributed by atoms with van der Waals surface area (Å²) in [4.78, 5) is 15.1. The van der Waals surface area contributed by atoms with Gasteiger partial charge in [0.25, 0.3) is 0 Å². The van der Waals surface area contributed by atoms with Crippen molar-refractivity contribution in [3.8, 4) is 0 Å². The summed E-state index contributed by atoms with van der Waals surface area (Å²) in [6.07, 6.45) is 0. The van der Waals surface area contributed by atoms with Crippen LogP contribution < -0.4 is 0 Å². The Balaban J connectivity index is 3.13. The van der Waals surface area contributed by atoms with Crippen LogP contribution in [0.25, 0.3) is 0 Å². The molecular formula is C7H5BrINO2. The first-order chi connectivity index (χ1) is 5.65. The predicted molar refractivity (Wildman–Crippen MR) is 56.0 cm³/mol. The summed E-state index contributed by atoms with van der Waals surface area (Å²) in [6, 6.07) is 3.57. The predicted octanol–water partition coefficient (Wildman–Crippen LogP) is 2.24. The van der Waals surface area contributed by atoms with Crippen molar-refractivity contribution in [1.29, 1.82) is 0 Å². The molecule has 1 aromatic heterocycles. The zero-order valence-corrected chi connectivity index (χ0v) is 9.92. The molecule has 0 atom stereocenters. The van der Waals surface area contributed by atoms with Gasteiger partial charge in [0.1, 0.15) is 3.70 Å². The number of nitrogens with zero attached hydrogens (tertiary/aromatic N) is 1. The van der Waals surface area contributed by atoms with E-state index in [1.807, 2.05) is 22.6 Å². The van der Waals surface area contributed by atoms with Crippen LogP contribution in [0.5, 0.6) is 0 Å². The molecule has 0 aliphatic carbocycles. The molecule has 0 aromatic carbocycles. The Morgan fingerprint density at radius 1 is 1.67 bits per heavy atom. The van der Waals surface area contributed by atoms with E-state index in [0.29, 0.717) is 10.2 Å². The summed E-state index contributed by atoms with van der Waals surface area (Å²) < 4.78 is 5.95. The van der Waals surface area contributed by atoms with Gasteiger partial charge in [-0.15, -0.1) is 0 Å². The van der Waals surface area contributed by atoms with Crippen molar-refractivity contribution in [3.63, 3.8) is 0 Å². The van der Waals surface area contributed by atoms with Crippen LogP contribution in [0.15, 0.2) is 16.6 Å². The summed E-state index contributed by atoms with van der Waals surface area (Å²) >= 11 is 5.24. The van der Waals surface area contributed by atoms with E-state index in [4.69, 9.17) is 0 Å². The van der Waals surface area contributed by atoms with Crippen LogP contribution in [0.2, 0.25) is 0 Å². The van der Waals surface area contributed by atoms with E-state index in [1.54, 1.807) is 12.1 Å². The number of pyridine rings is 1. The van der Waals surface area contributed by atoms with Gasteiger partial charge in [0.15, 0.2) is 5.69 Å². The van der Waals surface area contributed by atoms with Gasteiger partial charge in [-0.2, -0.15) is 0 Å². The lowest BCUT2D eigenvalue weighted by Crippen LogP contribution is -2.05. The second-order valence-corrected chi connectivity index (χ2v) is 3.92. The van der Waals surface area contributed by atoms with Crippen LogP contribution in [0.1, 0.15) is 10.5 Å². The zero-order valence-electron chi connectivity index (χ0n) is 6.17. The number of halogens is 2. The van der Waals surface area contributed by atoms with E-state index < -0.39 is 5.97 Å². The van der Waals surface area contributed by atoms with Gasteiger partial charge in [0, 0.05) is 0 Å². The molecule has 64 valence electrons. The highest BCUT2D eigenvalue weighted by Crippen LogP contribution is 2.16. The van der Waals surface area contributed by atoms with Crippen molar-refractivity contribution in [2.24, 2.45) is 0 Å². The highest BCUT2D eigenvalue weighted by Gasteiger charge is 2.11. The molecule has 0 N–H and O–H groups in total. The van der Waals surface area contributed by atoms with Crippen molar-refractivity contribution in [2.45, 2.75) is 0 Å². The molecule has 1 rings (SSSR count). The molecule has 1 heterocycles. The van der Waals surface area contributed by atoms with Gasteiger partial charge in [-0.1, -0.05) is 0 Å². The second-order valence-electron chi connectivity index (χ2n) is 1.96. The molecule has 0 spiro atoms. The Bertz CT molecular complexity index is 316. The Morgan fingerprint density at radius 2 is 2.33 bits per heavy atom. The Labute approximate surface area is 91.8 Å². The molecular weight excluding hydrogens is 337 g/mol. The first-order valence-corrected chi connectivity index (χ1v) is 4.92. The third-order valence-corrected chi connectivity index (χ3v) is 2.43. The number of esters is 1.